The number of carbonyl (C=O) groups is 1. The second kappa shape index (κ2) is 5.25. The van der Waals surface area contributed by atoms with E-state index >= 15 is 0 Å². The third-order valence-electron chi connectivity index (χ3n) is 4.02. The molecule has 2 heterocycles. The van der Waals surface area contributed by atoms with E-state index < -0.39 is 17.7 Å². The van der Waals surface area contributed by atoms with Gasteiger partial charge in [-0.15, -0.1) is 0 Å². The van der Waals surface area contributed by atoms with Gasteiger partial charge in [0, 0.05) is 22.4 Å². The Morgan fingerprint density at radius 3 is 2.57 bits per heavy atom. The zero-order chi connectivity index (χ0) is 16.0. The molecular weight excluding hydrogens is 316 g/mol. The number of carbonyl (C=O) groups excluding carboxylic acids is 1. The van der Waals surface area contributed by atoms with Crippen molar-refractivity contribution in [3.8, 4) is 0 Å². The van der Waals surface area contributed by atoms with Gasteiger partial charge in [0.05, 0.1) is 0 Å². The molecule has 1 atom stereocenters. The van der Waals surface area contributed by atoms with Crippen molar-refractivity contribution >= 4 is 28.5 Å². The van der Waals surface area contributed by atoms with E-state index in [4.69, 9.17) is 20.8 Å². The van der Waals surface area contributed by atoms with E-state index in [-0.39, 0.29) is 5.56 Å². The Morgan fingerprint density at radius 2 is 1.74 bits per heavy atom. The SMILES string of the molecule is O=C1OC(c2ccccc2Cl)Cc2c1c(=O)oc1ccccc21. The minimum absolute atomic E-state index is 0.0213. The number of hydrogen-bond donors (Lipinski definition) is 0. The maximum atomic E-state index is 12.3. The van der Waals surface area contributed by atoms with Crippen LogP contribution < -0.4 is 5.63 Å². The number of hydrogen-bond acceptors (Lipinski definition) is 4. The van der Waals surface area contributed by atoms with Gasteiger partial charge < -0.3 is 9.15 Å². The van der Waals surface area contributed by atoms with Crippen LogP contribution in [0.4, 0.5) is 0 Å². The molecule has 2 aromatic carbocycles. The number of para-hydroxylation sites is 1. The van der Waals surface area contributed by atoms with E-state index in [0.29, 0.717) is 22.6 Å². The van der Waals surface area contributed by atoms with Gasteiger partial charge >= 0.3 is 11.6 Å². The van der Waals surface area contributed by atoms with Gasteiger partial charge in [-0.1, -0.05) is 48.0 Å². The predicted molar refractivity (Wildman–Crippen MR) is 85.8 cm³/mol. The molecule has 4 rings (SSSR count). The predicted octanol–water partition coefficient (Wildman–Crippen LogP) is 3.90. The topological polar surface area (TPSA) is 56.5 Å². The van der Waals surface area contributed by atoms with Crippen LogP contribution >= 0.6 is 11.6 Å². The largest absolute Gasteiger partial charge is 0.453 e. The van der Waals surface area contributed by atoms with Gasteiger partial charge in [0.25, 0.3) is 0 Å². The summed E-state index contributed by atoms with van der Waals surface area (Å²) in [7, 11) is 0. The molecule has 0 N–H and O–H groups in total. The molecule has 5 heteroatoms. The average molecular weight is 327 g/mol. The maximum absolute atomic E-state index is 12.3. The fourth-order valence-electron chi connectivity index (χ4n) is 2.96. The summed E-state index contributed by atoms with van der Waals surface area (Å²) in [5, 5.41) is 1.27. The fraction of sp³-hybridized carbons (Fsp3) is 0.111. The van der Waals surface area contributed by atoms with Gasteiger partial charge in [0.1, 0.15) is 17.3 Å². The maximum Gasteiger partial charge on any atom is 0.351 e. The standard InChI is InChI=1S/C18H11ClO4/c19-13-7-3-1-6-11(13)15-9-12-10-5-2-4-8-14(10)22-17(20)16(12)18(21)23-15/h1-8,15H,9H2. The highest BCUT2D eigenvalue weighted by Crippen LogP contribution is 2.35. The van der Waals surface area contributed by atoms with Crippen molar-refractivity contribution in [2.24, 2.45) is 0 Å². The smallest absolute Gasteiger partial charge is 0.351 e. The van der Waals surface area contributed by atoms with Gasteiger partial charge in [0.15, 0.2) is 0 Å². The van der Waals surface area contributed by atoms with E-state index in [2.05, 4.69) is 0 Å². The first kappa shape index (κ1) is 14.0. The number of esters is 1. The Kier molecular flexibility index (Phi) is 3.20. The third kappa shape index (κ3) is 2.23. The molecule has 1 aromatic heterocycles. The molecule has 1 aliphatic heterocycles. The van der Waals surface area contributed by atoms with Gasteiger partial charge in [-0.05, 0) is 17.7 Å². The molecule has 0 radical (unpaired) electrons. The molecule has 0 saturated heterocycles. The summed E-state index contributed by atoms with van der Waals surface area (Å²) in [6.07, 6.45) is -0.134. The Balaban J connectivity index is 1.93. The minimum Gasteiger partial charge on any atom is -0.453 e. The number of ether oxygens (including phenoxy) is 1. The zero-order valence-electron chi connectivity index (χ0n) is 11.9. The summed E-state index contributed by atoms with van der Waals surface area (Å²) in [5.74, 6) is -0.671. The molecule has 0 saturated carbocycles. The van der Waals surface area contributed by atoms with Gasteiger partial charge in [-0.2, -0.15) is 0 Å². The van der Waals surface area contributed by atoms with Crippen molar-refractivity contribution in [1.82, 2.24) is 0 Å². The molecule has 0 amide bonds. The molecule has 0 spiro atoms. The van der Waals surface area contributed by atoms with Crippen molar-refractivity contribution in [3.63, 3.8) is 0 Å². The van der Waals surface area contributed by atoms with Crippen LogP contribution in [0.2, 0.25) is 5.02 Å². The Morgan fingerprint density at radius 1 is 1.00 bits per heavy atom. The van der Waals surface area contributed by atoms with Crippen molar-refractivity contribution < 1.29 is 13.9 Å². The number of cyclic esters (lactones) is 1. The van der Waals surface area contributed by atoms with Crippen LogP contribution in [0.3, 0.4) is 0 Å². The first-order valence-electron chi connectivity index (χ1n) is 7.15. The normalized spacial score (nSPS) is 16.9. The Hall–Kier alpha value is -2.59. The highest BCUT2D eigenvalue weighted by atomic mass is 35.5. The molecule has 1 unspecified atom stereocenters. The molecule has 4 nitrogen and oxygen atoms in total. The molecule has 3 aromatic rings. The number of rotatable bonds is 1. The highest BCUT2D eigenvalue weighted by Gasteiger charge is 2.33. The van der Waals surface area contributed by atoms with Crippen LogP contribution in [0, 0.1) is 0 Å². The molecule has 114 valence electrons. The Labute approximate surface area is 136 Å². The van der Waals surface area contributed by atoms with Crippen molar-refractivity contribution in [2.75, 3.05) is 0 Å². The first-order chi connectivity index (χ1) is 11.1. The zero-order valence-corrected chi connectivity index (χ0v) is 12.7. The quantitative estimate of drug-likeness (QED) is 0.502. The van der Waals surface area contributed by atoms with Crippen LogP contribution in [0.15, 0.2) is 57.7 Å². The minimum atomic E-state index is -0.671. The first-order valence-corrected chi connectivity index (χ1v) is 7.53. The summed E-state index contributed by atoms with van der Waals surface area (Å²) < 4.78 is 10.6. The van der Waals surface area contributed by atoms with E-state index in [1.807, 2.05) is 30.3 Å². The van der Waals surface area contributed by atoms with Crippen LogP contribution in [-0.2, 0) is 11.2 Å². The molecular formula is C18H11ClO4. The summed E-state index contributed by atoms with van der Waals surface area (Å²) >= 11 is 6.21. The van der Waals surface area contributed by atoms with Gasteiger partial charge in [-0.25, -0.2) is 9.59 Å². The summed E-state index contributed by atoms with van der Waals surface area (Å²) in [6, 6.07) is 14.4. The van der Waals surface area contributed by atoms with E-state index in [1.54, 1.807) is 18.2 Å². The molecule has 23 heavy (non-hydrogen) atoms. The van der Waals surface area contributed by atoms with E-state index in [1.165, 1.54) is 0 Å². The number of fused-ring (bicyclic) bond motifs is 3. The van der Waals surface area contributed by atoms with Crippen molar-refractivity contribution in [2.45, 2.75) is 12.5 Å². The van der Waals surface area contributed by atoms with E-state index in [0.717, 1.165) is 10.9 Å². The summed E-state index contributed by atoms with van der Waals surface area (Å²) in [6.45, 7) is 0. The average Bonchev–Trinajstić information content (AvgIpc) is 2.55. The lowest BCUT2D eigenvalue weighted by molar-refractivity contribution is 0.0248. The van der Waals surface area contributed by atoms with Crippen molar-refractivity contribution in [3.05, 3.63) is 80.7 Å². The third-order valence-corrected chi connectivity index (χ3v) is 4.36. The molecule has 0 fully saturated rings. The van der Waals surface area contributed by atoms with Crippen LogP contribution in [0.1, 0.15) is 27.6 Å². The van der Waals surface area contributed by atoms with Crippen LogP contribution in [0.25, 0.3) is 11.0 Å². The lowest BCUT2D eigenvalue weighted by Crippen LogP contribution is -2.28. The second-order valence-corrected chi connectivity index (χ2v) is 5.77. The van der Waals surface area contributed by atoms with Crippen molar-refractivity contribution in [1.29, 1.82) is 0 Å². The van der Waals surface area contributed by atoms with Crippen LogP contribution in [0.5, 0.6) is 0 Å². The van der Waals surface area contributed by atoms with Gasteiger partial charge in [-0.3, -0.25) is 0 Å². The molecule has 0 bridgehead atoms. The molecule has 0 aliphatic carbocycles. The number of halogens is 1. The van der Waals surface area contributed by atoms with E-state index in [9.17, 15) is 9.59 Å². The number of benzene rings is 2. The highest BCUT2D eigenvalue weighted by molar-refractivity contribution is 6.31. The lowest BCUT2D eigenvalue weighted by atomic mass is 9.93. The van der Waals surface area contributed by atoms with Crippen LogP contribution in [-0.4, -0.2) is 5.97 Å². The monoisotopic (exact) mass is 326 g/mol. The fourth-order valence-corrected chi connectivity index (χ4v) is 3.21. The second-order valence-electron chi connectivity index (χ2n) is 5.36. The summed E-state index contributed by atoms with van der Waals surface area (Å²) in [5.41, 5.74) is 1.15. The lowest BCUT2D eigenvalue weighted by Gasteiger charge is -2.25. The summed E-state index contributed by atoms with van der Waals surface area (Å²) in [4.78, 5) is 24.4. The Bertz CT molecular complexity index is 990. The van der Waals surface area contributed by atoms with Gasteiger partial charge in [0.2, 0.25) is 0 Å². The molecule has 1 aliphatic rings.